The van der Waals surface area contributed by atoms with E-state index in [9.17, 15) is 4.79 Å². The minimum atomic E-state index is -0.514. The molecule has 0 aliphatic carbocycles. The lowest BCUT2D eigenvalue weighted by Crippen LogP contribution is -2.12. The number of ether oxygens (including phenoxy) is 1. The van der Waals surface area contributed by atoms with Gasteiger partial charge in [-0.3, -0.25) is 0 Å². The number of hydrogen-bond donors (Lipinski definition) is 1. The third kappa shape index (κ3) is 1.23. The number of rotatable bonds is 2. The molecule has 1 heterocycles. The van der Waals surface area contributed by atoms with Gasteiger partial charge in [0.15, 0.2) is 11.5 Å². The maximum absolute atomic E-state index is 11.1. The monoisotopic (exact) mass is 170 g/mol. The van der Waals surface area contributed by atoms with E-state index in [1.54, 1.807) is 0 Å². The fourth-order valence-electron chi connectivity index (χ4n) is 0.854. The van der Waals surface area contributed by atoms with Gasteiger partial charge in [-0.05, 0) is 6.92 Å². The lowest BCUT2D eigenvalue weighted by Gasteiger charge is -2.00. The molecule has 0 saturated carbocycles. The first kappa shape index (κ1) is 8.51. The quantitative estimate of drug-likeness (QED) is 0.614. The van der Waals surface area contributed by atoms with Crippen LogP contribution in [0.1, 0.15) is 17.4 Å². The maximum atomic E-state index is 11.1. The van der Waals surface area contributed by atoms with Gasteiger partial charge in [0.2, 0.25) is 0 Å². The average molecular weight is 170 g/mol. The molecule has 0 spiro atoms. The third-order valence-electron chi connectivity index (χ3n) is 1.44. The van der Waals surface area contributed by atoms with E-state index in [0.29, 0.717) is 6.54 Å². The number of nitrogens with two attached hydrogens (primary N) is 1. The molecule has 1 aromatic rings. The summed E-state index contributed by atoms with van der Waals surface area (Å²) in [6.45, 7) is 2.37. The Kier molecular flexibility index (Phi) is 2.27. The van der Waals surface area contributed by atoms with Crippen molar-refractivity contribution < 1.29 is 9.53 Å². The van der Waals surface area contributed by atoms with Crippen molar-refractivity contribution in [1.29, 1.82) is 0 Å². The van der Waals surface area contributed by atoms with Gasteiger partial charge >= 0.3 is 5.97 Å². The summed E-state index contributed by atoms with van der Waals surface area (Å²) in [6.07, 6.45) is 0. The van der Waals surface area contributed by atoms with Gasteiger partial charge in [-0.1, -0.05) is 5.21 Å². The Labute approximate surface area is 69.3 Å². The summed E-state index contributed by atoms with van der Waals surface area (Å²) in [5, 5.41) is 7.19. The van der Waals surface area contributed by atoms with Crippen molar-refractivity contribution in [3.63, 3.8) is 0 Å². The van der Waals surface area contributed by atoms with Crippen LogP contribution in [0.2, 0.25) is 0 Å². The summed E-state index contributed by atoms with van der Waals surface area (Å²) in [6, 6.07) is 0. The van der Waals surface area contributed by atoms with Gasteiger partial charge in [0.1, 0.15) is 0 Å². The van der Waals surface area contributed by atoms with Crippen LogP contribution in [-0.4, -0.2) is 28.1 Å². The number of anilines is 1. The first-order valence-electron chi connectivity index (χ1n) is 3.48. The molecule has 0 bridgehead atoms. The lowest BCUT2D eigenvalue weighted by atomic mass is 10.4. The maximum Gasteiger partial charge on any atom is 0.360 e. The molecule has 0 fully saturated rings. The number of carbonyl (C=O) groups excluding carboxylic acids is 1. The number of nitrogens with zero attached hydrogens (tertiary/aromatic N) is 3. The molecule has 1 rings (SSSR count). The Morgan fingerprint density at radius 3 is 2.92 bits per heavy atom. The fourth-order valence-corrected chi connectivity index (χ4v) is 0.854. The largest absolute Gasteiger partial charge is 0.464 e. The number of hydrogen-bond acceptors (Lipinski definition) is 5. The van der Waals surface area contributed by atoms with E-state index in [4.69, 9.17) is 5.73 Å². The van der Waals surface area contributed by atoms with Crippen LogP contribution in [0.25, 0.3) is 0 Å². The molecule has 12 heavy (non-hydrogen) atoms. The summed E-state index contributed by atoms with van der Waals surface area (Å²) < 4.78 is 5.89. The molecule has 0 aromatic carbocycles. The van der Waals surface area contributed by atoms with Crippen LogP contribution in [0.3, 0.4) is 0 Å². The molecular formula is C6H10N4O2. The SMILES string of the molecule is CCn1nnc(N)c1C(=O)OC. The zero-order valence-electron chi connectivity index (χ0n) is 6.94. The molecule has 1 aromatic heterocycles. The van der Waals surface area contributed by atoms with Crippen LogP contribution >= 0.6 is 0 Å². The number of aryl methyl sites for hydroxylation is 1. The normalized spacial score (nSPS) is 9.83. The second kappa shape index (κ2) is 3.21. The number of aromatic nitrogens is 3. The van der Waals surface area contributed by atoms with E-state index in [1.807, 2.05) is 6.92 Å². The van der Waals surface area contributed by atoms with Gasteiger partial charge in [0.05, 0.1) is 7.11 Å². The molecule has 0 unspecified atom stereocenters. The second-order valence-corrected chi connectivity index (χ2v) is 2.13. The fraction of sp³-hybridized carbons (Fsp3) is 0.500. The first-order valence-corrected chi connectivity index (χ1v) is 3.48. The van der Waals surface area contributed by atoms with Crippen molar-refractivity contribution in [2.75, 3.05) is 12.8 Å². The average Bonchev–Trinajstić information content (AvgIpc) is 2.45. The number of carbonyl (C=O) groups is 1. The Morgan fingerprint density at radius 2 is 2.42 bits per heavy atom. The van der Waals surface area contributed by atoms with Crippen LogP contribution < -0.4 is 5.73 Å². The first-order chi connectivity index (χ1) is 5.70. The van der Waals surface area contributed by atoms with Crippen molar-refractivity contribution in [1.82, 2.24) is 15.0 Å². The highest BCUT2D eigenvalue weighted by atomic mass is 16.5. The zero-order chi connectivity index (χ0) is 9.14. The molecule has 0 amide bonds. The van der Waals surface area contributed by atoms with E-state index in [-0.39, 0.29) is 11.5 Å². The van der Waals surface area contributed by atoms with Crippen molar-refractivity contribution >= 4 is 11.8 Å². The molecular weight excluding hydrogens is 160 g/mol. The molecule has 2 N–H and O–H groups in total. The van der Waals surface area contributed by atoms with E-state index in [1.165, 1.54) is 11.8 Å². The molecule has 0 radical (unpaired) electrons. The standard InChI is InChI=1S/C6H10N4O2/c1-3-10-4(6(11)12-2)5(7)8-9-10/h3,7H2,1-2H3. The van der Waals surface area contributed by atoms with Crippen molar-refractivity contribution in [2.45, 2.75) is 13.5 Å². The summed E-state index contributed by atoms with van der Waals surface area (Å²) in [5.41, 5.74) is 5.61. The highest BCUT2D eigenvalue weighted by molar-refractivity contribution is 5.91. The van der Waals surface area contributed by atoms with E-state index >= 15 is 0 Å². The highest BCUT2D eigenvalue weighted by Gasteiger charge is 2.17. The van der Waals surface area contributed by atoms with Gasteiger partial charge in [-0.15, -0.1) is 5.10 Å². The van der Waals surface area contributed by atoms with Crippen molar-refractivity contribution in [2.24, 2.45) is 0 Å². The molecule has 6 heteroatoms. The molecule has 6 nitrogen and oxygen atoms in total. The van der Waals surface area contributed by atoms with Crippen LogP contribution in [0, 0.1) is 0 Å². The minimum Gasteiger partial charge on any atom is -0.464 e. The molecule has 0 aliphatic heterocycles. The van der Waals surface area contributed by atoms with Gasteiger partial charge in [-0.2, -0.15) is 0 Å². The number of methoxy groups -OCH3 is 1. The van der Waals surface area contributed by atoms with Crippen LogP contribution in [0.15, 0.2) is 0 Å². The topological polar surface area (TPSA) is 83.0 Å². The van der Waals surface area contributed by atoms with Gasteiger partial charge in [-0.25, -0.2) is 9.48 Å². The smallest absolute Gasteiger partial charge is 0.360 e. The number of esters is 1. The number of nitrogen functional groups attached to an aromatic ring is 1. The minimum absolute atomic E-state index is 0.101. The predicted molar refractivity (Wildman–Crippen MR) is 41.4 cm³/mol. The Hall–Kier alpha value is -1.59. The summed E-state index contributed by atoms with van der Waals surface area (Å²) in [4.78, 5) is 11.1. The van der Waals surface area contributed by atoms with Crippen LogP contribution in [0.4, 0.5) is 5.82 Å². The van der Waals surface area contributed by atoms with E-state index in [2.05, 4.69) is 15.0 Å². The zero-order valence-corrected chi connectivity index (χ0v) is 6.94. The van der Waals surface area contributed by atoms with E-state index < -0.39 is 5.97 Å². The molecule has 66 valence electrons. The Bertz CT molecular complexity index is 294. The summed E-state index contributed by atoms with van der Waals surface area (Å²) in [5.74, 6) is -0.414. The van der Waals surface area contributed by atoms with Crippen molar-refractivity contribution in [3.8, 4) is 0 Å². The predicted octanol–water partition coefficient (Wildman–Crippen LogP) is -0.333. The van der Waals surface area contributed by atoms with Crippen LogP contribution in [0.5, 0.6) is 0 Å². The summed E-state index contributed by atoms with van der Waals surface area (Å²) >= 11 is 0. The van der Waals surface area contributed by atoms with Crippen molar-refractivity contribution in [3.05, 3.63) is 5.69 Å². The molecule has 0 aliphatic rings. The van der Waals surface area contributed by atoms with Gasteiger partial charge in [0, 0.05) is 6.54 Å². The van der Waals surface area contributed by atoms with Gasteiger partial charge < -0.3 is 10.5 Å². The van der Waals surface area contributed by atoms with Crippen LogP contribution in [-0.2, 0) is 11.3 Å². The Balaban J connectivity index is 3.10. The second-order valence-electron chi connectivity index (χ2n) is 2.13. The highest BCUT2D eigenvalue weighted by Crippen LogP contribution is 2.07. The summed E-state index contributed by atoms with van der Waals surface area (Å²) in [7, 11) is 1.29. The molecule has 0 atom stereocenters. The molecule has 0 saturated heterocycles. The Morgan fingerprint density at radius 1 is 1.75 bits per heavy atom. The van der Waals surface area contributed by atoms with Gasteiger partial charge in [0.25, 0.3) is 0 Å². The van der Waals surface area contributed by atoms with E-state index in [0.717, 1.165) is 0 Å². The third-order valence-corrected chi connectivity index (χ3v) is 1.44. The lowest BCUT2D eigenvalue weighted by molar-refractivity contribution is 0.0588.